The van der Waals surface area contributed by atoms with Crippen LogP contribution in [0.5, 0.6) is 0 Å². The molecule has 1 aliphatic rings. The number of nitrogens with zero attached hydrogens (tertiary/aromatic N) is 2. The molecule has 1 fully saturated rings. The Bertz CT molecular complexity index is 412. The Balaban J connectivity index is 2.73. The largest absolute Gasteiger partial charge is 0.480 e. The number of rotatable bonds is 4. The summed E-state index contributed by atoms with van der Waals surface area (Å²) in [6.07, 6.45) is 0.302. The molecule has 0 bridgehead atoms. The zero-order valence-electron chi connectivity index (χ0n) is 8.96. The first kappa shape index (κ1) is 12.9. The summed E-state index contributed by atoms with van der Waals surface area (Å²) in [6.45, 7) is 0. The molecular weight excluding hydrogens is 232 g/mol. The minimum absolute atomic E-state index is 0.0152. The van der Waals surface area contributed by atoms with Gasteiger partial charge >= 0.3 is 5.97 Å². The molecule has 0 aromatic rings. The smallest absolute Gasteiger partial charge is 0.321 e. The van der Waals surface area contributed by atoms with E-state index in [1.165, 1.54) is 4.90 Å². The van der Waals surface area contributed by atoms with Gasteiger partial charge in [-0.05, 0) is 13.5 Å². The standard InChI is InChI=1S/C9H14N2O4S/c1-11(8(2-4-10)9(12)13)7-3-5-16(14,15)6-7/h7-8H,2-3,5-6H2,1H3,(H,12,13). The molecule has 90 valence electrons. The normalized spacial score (nSPS) is 25.2. The van der Waals surface area contributed by atoms with Crippen LogP contribution in [0.15, 0.2) is 0 Å². The van der Waals surface area contributed by atoms with Gasteiger partial charge in [-0.3, -0.25) is 9.69 Å². The van der Waals surface area contributed by atoms with Gasteiger partial charge in [0, 0.05) is 6.04 Å². The lowest BCUT2D eigenvalue weighted by Crippen LogP contribution is -2.45. The van der Waals surface area contributed by atoms with Gasteiger partial charge in [-0.15, -0.1) is 0 Å². The van der Waals surface area contributed by atoms with Crippen LogP contribution < -0.4 is 0 Å². The highest BCUT2D eigenvalue weighted by Gasteiger charge is 2.35. The molecule has 7 heteroatoms. The van der Waals surface area contributed by atoms with Gasteiger partial charge in [0.15, 0.2) is 9.84 Å². The SMILES string of the molecule is CN(C1CCS(=O)(=O)C1)C(CC#N)C(=O)O. The lowest BCUT2D eigenvalue weighted by molar-refractivity contribution is -0.143. The van der Waals surface area contributed by atoms with E-state index in [1.54, 1.807) is 13.1 Å². The van der Waals surface area contributed by atoms with E-state index in [-0.39, 0.29) is 24.0 Å². The van der Waals surface area contributed by atoms with E-state index in [9.17, 15) is 13.2 Å². The van der Waals surface area contributed by atoms with Gasteiger partial charge in [-0.25, -0.2) is 8.42 Å². The van der Waals surface area contributed by atoms with E-state index in [4.69, 9.17) is 10.4 Å². The van der Waals surface area contributed by atoms with Crippen molar-refractivity contribution in [2.24, 2.45) is 0 Å². The first-order chi connectivity index (χ1) is 7.37. The molecule has 1 aliphatic heterocycles. The zero-order valence-corrected chi connectivity index (χ0v) is 9.77. The van der Waals surface area contributed by atoms with Crippen molar-refractivity contribution in [1.82, 2.24) is 4.90 Å². The van der Waals surface area contributed by atoms with Crippen molar-refractivity contribution in [2.75, 3.05) is 18.6 Å². The number of carboxylic acid groups (broad SMARTS) is 1. The molecule has 2 atom stereocenters. The van der Waals surface area contributed by atoms with Gasteiger partial charge in [0.05, 0.1) is 24.0 Å². The summed E-state index contributed by atoms with van der Waals surface area (Å²) in [5.41, 5.74) is 0. The molecule has 0 amide bonds. The van der Waals surface area contributed by atoms with E-state index in [1.807, 2.05) is 0 Å². The molecule has 0 spiro atoms. The van der Waals surface area contributed by atoms with Crippen LogP contribution in [0.2, 0.25) is 0 Å². The third-order valence-corrected chi connectivity index (χ3v) is 4.60. The maximum atomic E-state index is 11.3. The summed E-state index contributed by atoms with van der Waals surface area (Å²) < 4.78 is 22.5. The molecule has 1 N–H and O–H groups in total. The van der Waals surface area contributed by atoms with E-state index >= 15 is 0 Å². The maximum absolute atomic E-state index is 11.3. The van der Waals surface area contributed by atoms with Crippen molar-refractivity contribution in [3.63, 3.8) is 0 Å². The third kappa shape index (κ3) is 2.93. The van der Waals surface area contributed by atoms with Crippen molar-refractivity contribution >= 4 is 15.8 Å². The molecule has 0 saturated carbocycles. The molecule has 0 aliphatic carbocycles. The lowest BCUT2D eigenvalue weighted by Gasteiger charge is -2.27. The third-order valence-electron chi connectivity index (χ3n) is 2.85. The summed E-state index contributed by atoms with van der Waals surface area (Å²) in [7, 11) is -1.47. The summed E-state index contributed by atoms with van der Waals surface area (Å²) in [5.74, 6) is -1.01. The number of nitriles is 1. The van der Waals surface area contributed by atoms with Crippen LogP contribution in [-0.4, -0.2) is 55.0 Å². The van der Waals surface area contributed by atoms with Crippen LogP contribution >= 0.6 is 0 Å². The molecule has 0 aromatic carbocycles. The van der Waals surface area contributed by atoms with Crippen molar-refractivity contribution in [3.8, 4) is 6.07 Å². The van der Waals surface area contributed by atoms with Gasteiger partial charge in [0.2, 0.25) is 0 Å². The van der Waals surface area contributed by atoms with E-state index in [2.05, 4.69) is 0 Å². The Labute approximate surface area is 94.4 Å². The molecule has 1 rings (SSSR count). The Morgan fingerprint density at radius 1 is 1.69 bits per heavy atom. The molecular formula is C9H14N2O4S. The Kier molecular flexibility index (Phi) is 3.88. The first-order valence-electron chi connectivity index (χ1n) is 4.89. The number of carbonyl (C=O) groups is 1. The van der Waals surface area contributed by atoms with Gasteiger partial charge < -0.3 is 5.11 Å². The van der Waals surface area contributed by atoms with Gasteiger partial charge in [-0.2, -0.15) is 5.26 Å². The number of hydrogen-bond donors (Lipinski definition) is 1. The average Bonchev–Trinajstić information content (AvgIpc) is 2.53. The predicted octanol–water partition coefficient (Wildman–Crippen LogP) is -0.528. The second kappa shape index (κ2) is 4.80. The minimum atomic E-state index is -3.03. The minimum Gasteiger partial charge on any atom is -0.480 e. The molecule has 16 heavy (non-hydrogen) atoms. The van der Waals surface area contributed by atoms with Crippen LogP contribution in [-0.2, 0) is 14.6 Å². The first-order valence-corrected chi connectivity index (χ1v) is 6.71. The fraction of sp³-hybridized carbons (Fsp3) is 0.778. The highest BCUT2D eigenvalue weighted by Crippen LogP contribution is 2.19. The highest BCUT2D eigenvalue weighted by molar-refractivity contribution is 7.91. The number of sulfone groups is 1. The van der Waals surface area contributed by atoms with E-state index in [0.29, 0.717) is 6.42 Å². The molecule has 1 heterocycles. The quantitative estimate of drug-likeness (QED) is 0.716. The summed E-state index contributed by atoms with van der Waals surface area (Å²) in [6, 6.07) is 0.583. The van der Waals surface area contributed by atoms with Gasteiger partial charge in [0.25, 0.3) is 0 Å². The molecule has 0 aromatic heterocycles. The summed E-state index contributed by atoms with van der Waals surface area (Å²) >= 11 is 0. The van der Waals surface area contributed by atoms with E-state index < -0.39 is 21.8 Å². The molecule has 0 radical (unpaired) electrons. The van der Waals surface area contributed by atoms with E-state index in [0.717, 1.165) is 0 Å². The topological polar surface area (TPSA) is 98.5 Å². The second-order valence-electron chi connectivity index (χ2n) is 3.94. The molecule has 1 saturated heterocycles. The Morgan fingerprint density at radius 3 is 2.69 bits per heavy atom. The number of carboxylic acids is 1. The number of hydrogen-bond acceptors (Lipinski definition) is 5. The lowest BCUT2D eigenvalue weighted by atomic mass is 10.1. The van der Waals surface area contributed by atoms with Crippen molar-refractivity contribution in [3.05, 3.63) is 0 Å². The van der Waals surface area contributed by atoms with Crippen molar-refractivity contribution in [2.45, 2.75) is 24.9 Å². The predicted molar refractivity (Wildman–Crippen MR) is 56.5 cm³/mol. The van der Waals surface area contributed by atoms with Crippen LogP contribution in [0.25, 0.3) is 0 Å². The maximum Gasteiger partial charge on any atom is 0.321 e. The highest BCUT2D eigenvalue weighted by atomic mass is 32.2. The Morgan fingerprint density at radius 2 is 2.31 bits per heavy atom. The fourth-order valence-corrected chi connectivity index (χ4v) is 3.63. The monoisotopic (exact) mass is 246 g/mol. The van der Waals surface area contributed by atoms with Gasteiger partial charge in [0.1, 0.15) is 6.04 Å². The van der Waals surface area contributed by atoms with Gasteiger partial charge in [-0.1, -0.05) is 0 Å². The van der Waals surface area contributed by atoms with Crippen LogP contribution in [0.3, 0.4) is 0 Å². The summed E-state index contributed by atoms with van der Waals surface area (Å²) in [4.78, 5) is 12.4. The molecule has 2 unspecified atom stereocenters. The second-order valence-corrected chi connectivity index (χ2v) is 6.17. The molecule has 6 nitrogen and oxygen atoms in total. The van der Waals surface area contributed by atoms with Crippen LogP contribution in [0.1, 0.15) is 12.8 Å². The van der Waals surface area contributed by atoms with Crippen molar-refractivity contribution < 1.29 is 18.3 Å². The number of aliphatic carboxylic acids is 1. The summed E-state index contributed by atoms with van der Waals surface area (Å²) in [5, 5.41) is 17.4. The van der Waals surface area contributed by atoms with Crippen molar-refractivity contribution in [1.29, 1.82) is 5.26 Å². The number of likely N-dealkylation sites (N-methyl/N-ethyl adjacent to an activating group) is 1. The average molecular weight is 246 g/mol. The zero-order chi connectivity index (χ0) is 12.3. The van der Waals surface area contributed by atoms with Crippen LogP contribution in [0, 0.1) is 11.3 Å². The van der Waals surface area contributed by atoms with Crippen LogP contribution in [0.4, 0.5) is 0 Å². The fourth-order valence-electron chi connectivity index (χ4n) is 1.84. The Hall–Kier alpha value is -1.13.